The quantitative estimate of drug-likeness (QED) is 0.758. The second-order valence-corrected chi connectivity index (χ2v) is 5.67. The molecule has 2 amide bonds. The maximum Gasteiger partial charge on any atom is 0.317 e. The van der Waals surface area contributed by atoms with Gasteiger partial charge in [-0.15, -0.1) is 0 Å². The highest BCUT2D eigenvalue weighted by molar-refractivity contribution is 5.74. The van der Waals surface area contributed by atoms with Crippen LogP contribution in [0.5, 0.6) is 5.75 Å². The predicted molar refractivity (Wildman–Crippen MR) is 83.6 cm³/mol. The second kappa shape index (κ2) is 7.88. The van der Waals surface area contributed by atoms with Crippen LogP contribution in [0.4, 0.5) is 4.79 Å². The van der Waals surface area contributed by atoms with E-state index < -0.39 is 5.60 Å². The molecule has 21 heavy (non-hydrogen) atoms. The van der Waals surface area contributed by atoms with Gasteiger partial charge in [0.25, 0.3) is 0 Å². The van der Waals surface area contributed by atoms with Gasteiger partial charge in [-0.1, -0.05) is 18.2 Å². The number of nitrogens with one attached hydrogen (secondary N) is 1. The number of benzene rings is 1. The Kier molecular flexibility index (Phi) is 6.49. The van der Waals surface area contributed by atoms with E-state index in [4.69, 9.17) is 4.74 Å². The minimum absolute atomic E-state index is 0.187. The van der Waals surface area contributed by atoms with Gasteiger partial charge in [-0.25, -0.2) is 4.79 Å². The number of aryl methyl sites for hydroxylation is 1. The molecule has 0 saturated heterocycles. The van der Waals surface area contributed by atoms with Crippen molar-refractivity contribution in [2.75, 3.05) is 26.2 Å². The van der Waals surface area contributed by atoms with Gasteiger partial charge < -0.3 is 20.1 Å². The average Bonchev–Trinajstić information content (AvgIpc) is 2.41. The molecule has 2 N–H and O–H groups in total. The third-order valence-electron chi connectivity index (χ3n) is 2.98. The van der Waals surface area contributed by atoms with Gasteiger partial charge in [0, 0.05) is 6.54 Å². The summed E-state index contributed by atoms with van der Waals surface area (Å²) in [4.78, 5) is 13.6. The zero-order valence-corrected chi connectivity index (χ0v) is 13.3. The number of likely N-dealkylation sites (N-methyl/N-ethyl adjacent to an activating group) is 1. The first-order valence-electron chi connectivity index (χ1n) is 7.27. The molecule has 0 aliphatic carbocycles. The fourth-order valence-electron chi connectivity index (χ4n) is 1.94. The van der Waals surface area contributed by atoms with Gasteiger partial charge in [0.1, 0.15) is 12.4 Å². The number of carbonyl (C=O) groups is 1. The maximum absolute atomic E-state index is 12.0. The van der Waals surface area contributed by atoms with E-state index in [0.29, 0.717) is 26.2 Å². The molecule has 1 aromatic rings. The van der Waals surface area contributed by atoms with E-state index in [9.17, 15) is 9.90 Å². The summed E-state index contributed by atoms with van der Waals surface area (Å²) in [5, 5.41) is 12.6. The van der Waals surface area contributed by atoms with Crippen LogP contribution in [-0.2, 0) is 0 Å². The van der Waals surface area contributed by atoms with Crippen molar-refractivity contribution >= 4 is 6.03 Å². The molecular formula is C16H26N2O3. The van der Waals surface area contributed by atoms with Crippen LogP contribution < -0.4 is 10.1 Å². The van der Waals surface area contributed by atoms with Crippen LogP contribution in [0.2, 0.25) is 0 Å². The van der Waals surface area contributed by atoms with Crippen molar-refractivity contribution in [3.8, 4) is 5.75 Å². The number of urea groups is 1. The van der Waals surface area contributed by atoms with Crippen molar-refractivity contribution in [2.45, 2.75) is 33.3 Å². The number of carbonyl (C=O) groups excluding carboxylic acids is 1. The van der Waals surface area contributed by atoms with Crippen LogP contribution in [0.1, 0.15) is 26.3 Å². The standard InChI is InChI=1S/C16H26N2O3/c1-5-18(12-16(3,4)20)15(19)17-10-11-21-14-9-7-6-8-13(14)2/h6-9,20H,5,10-12H2,1-4H3,(H,17,19). The SMILES string of the molecule is CCN(CC(C)(C)O)C(=O)NCCOc1ccccc1C. The van der Waals surface area contributed by atoms with Crippen LogP contribution in [0.15, 0.2) is 24.3 Å². The summed E-state index contributed by atoms with van der Waals surface area (Å²) in [6.45, 7) is 8.92. The average molecular weight is 294 g/mol. The summed E-state index contributed by atoms with van der Waals surface area (Å²) in [5.74, 6) is 0.829. The number of rotatable bonds is 7. The van der Waals surface area contributed by atoms with Crippen LogP contribution >= 0.6 is 0 Å². The Labute approximate surface area is 126 Å². The van der Waals surface area contributed by atoms with E-state index in [-0.39, 0.29) is 6.03 Å². The van der Waals surface area contributed by atoms with Crippen LogP contribution in [0, 0.1) is 6.92 Å². The lowest BCUT2D eigenvalue weighted by Gasteiger charge is -2.28. The van der Waals surface area contributed by atoms with E-state index in [0.717, 1.165) is 11.3 Å². The lowest BCUT2D eigenvalue weighted by atomic mass is 10.1. The molecule has 0 heterocycles. The summed E-state index contributed by atoms with van der Waals surface area (Å²) in [7, 11) is 0. The van der Waals surface area contributed by atoms with Gasteiger partial charge in [0.2, 0.25) is 0 Å². The highest BCUT2D eigenvalue weighted by Gasteiger charge is 2.20. The highest BCUT2D eigenvalue weighted by atomic mass is 16.5. The molecule has 0 radical (unpaired) electrons. The number of amides is 2. The van der Waals surface area contributed by atoms with E-state index in [1.165, 1.54) is 0 Å². The third-order valence-corrected chi connectivity index (χ3v) is 2.98. The molecule has 0 bridgehead atoms. The largest absolute Gasteiger partial charge is 0.491 e. The van der Waals surface area contributed by atoms with E-state index in [1.807, 2.05) is 38.1 Å². The molecule has 5 heteroatoms. The van der Waals surface area contributed by atoms with Crippen molar-refractivity contribution in [3.05, 3.63) is 29.8 Å². The van der Waals surface area contributed by atoms with Crippen molar-refractivity contribution in [1.82, 2.24) is 10.2 Å². The molecule has 0 unspecified atom stereocenters. The first-order chi connectivity index (χ1) is 9.83. The van der Waals surface area contributed by atoms with Crippen LogP contribution in [-0.4, -0.2) is 47.9 Å². The smallest absolute Gasteiger partial charge is 0.317 e. The minimum Gasteiger partial charge on any atom is -0.491 e. The molecule has 0 spiro atoms. The molecule has 0 fully saturated rings. The number of para-hydroxylation sites is 1. The Hall–Kier alpha value is -1.75. The van der Waals surface area contributed by atoms with Crippen molar-refractivity contribution in [2.24, 2.45) is 0 Å². The third kappa shape index (κ3) is 6.49. The molecule has 0 aliphatic rings. The Morgan fingerprint density at radius 2 is 2.05 bits per heavy atom. The fourth-order valence-corrected chi connectivity index (χ4v) is 1.94. The number of nitrogens with zero attached hydrogens (tertiary/aromatic N) is 1. The predicted octanol–water partition coefficient (Wildman–Crippen LogP) is 2.18. The maximum atomic E-state index is 12.0. The summed E-state index contributed by atoms with van der Waals surface area (Å²) in [5.41, 5.74) is 0.173. The van der Waals surface area contributed by atoms with Gasteiger partial charge in [0.05, 0.1) is 18.7 Å². The second-order valence-electron chi connectivity index (χ2n) is 5.67. The van der Waals surface area contributed by atoms with Crippen molar-refractivity contribution in [3.63, 3.8) is 0 Å². The molecular weight excluding hydrogens is 268 g/mol. The summed E-state index contributed by atoms with van der Waals surface area (Å²) >= 11 is 0. The Bertz CT molecular complexity index is 455. The van der Waals surface area contributed by atoms with E-state index in [2.05, 4.69) is 5.32 Å². The molecule has 0 atom stereocenters. The Morgan fingerprint density at radius 3 is 2.62 bits per heavy atom. The summed E-state index contributed by atoms with van der Waals surface area (Å²) < 4.78 is 5.62. The minimum atomic E-state index is -0.898. The molecule has 1 rings (SSSR count). The molecule has 1 aromatic carbocycles. The first kappa shape index (κ1) is 17.3. The normalized spacial score (nSPS) is 11.1. The summed E-state index contributed by atoms with van der Waals surface area (Å²) in [6.07, 6.45) is 0. The fraction of sp³-hybridized carbons (Fsp3) is 0.562. The van der Waals surface area contributed by atoms with Gasteiger partial charge in [-0.3, -0.25) is 0 Å². The van der Waals surface area contributed by atoms with Gasteiger partial charge in [-0.05, 0) is 39.3 Å². The molecule has 118 valence electrons. The van der Waals surface area contributed by atoms with Crippen LogP contribution in [0.25, 0.3) is 0 Å². The van der Waals surface area contributed by atoms with Crippen LogP contribution in [0.3, 0.4) is 0 Å². The zero-order chi connectivity index (χ0) is 15.9. The number of aliphatic hydroxyl groups is 1. The topological polar surface area (TPSA) is 61.8 Å². The van der Waals surface area contributed by atoms with Gasteiger partial charge >= 0.3 is 6.03 Å². The first-order valence-corrected chi connectivity index (χ1v) is 7.27. The zero-order valence-electron chi connectivity index (χ0n) is 13.3. The molecule has 0 aliphatic heterocycles. The molecule has 0 aromatic heterocycles. The van der Waals surface area contributed by atoms with E-state index in [1.54, 1.807) is 18.7 Å². The summed E-state index contributed by atoms with van der Waals surface area (Å²) in [6, 6.07) is 7.58. The lowest BCUT2D eigenvalue weighted by molar-refractivity contribution is 0.0479. The Balaban J connectivity index is 2.34. The Morgan fingerprint density at radius 1 is 1.38 bits per heavy atom. The van der Waals surface area contributed by atoms with Crippen molar-refractivity contribution in [1.29, 1.82) is 0 Å². The van der Waals surface area contributed by atoms with Gasteiger partial charge in [0.15, 0.2) is 0 Å². The number of hydrogen-bond donors (Lipinski definition) is 2. The molecule has 0 saturated carbocycles. The molecule has 5 nitrogen and oxygen atoms in total. The number of ether oxygens (including phenoxy) is 1. The highest BCUT2D eigenvalue weighted by Crippen LogP contribution is 2.15. The van der Waals surface area contributed by atoms with Crippen molar-refractivity contribution < 1.29 is 14.6 Å². The number of hydrogen-bond acceptors (Lipinski definition) is 3. The lowest BCUT2D eigenvalue weighted by Crippen LogP contribution is -2.47. The van der Waals surface area contributed by atoms with E-state index >= 15 is 0 Å². The monoisotopic (exact) mass is 294 g/mol. The van der Waals surface area contributed by atoms with Gasteiger partial charge in [-0.2, -0.15) is 0 Å².